The topological polar surface area (TPSA) is 52.9 Å². The van der Waals surface area contributed by atoms with Crippen LogP contribution in [0.3, 0.4) is 0 Å². The van der Waals surface area contributed by atoms with Crippen LogP contribution in [0, 0.1) is 0 Å². The summed E-state index contributed by atoms with van der Waals surface area (Å²) in [5.74, 6) is 0. The van der Waals surface area contributed by atoms with Gasteiger partial charge in [-0.15, -0.1) is 11.3 Å². The first kappa shape index (κ1) is 15.7. The van der Waals surface area contributed by atoms with Crippen molar-refractivity contribution in [2.24, 2.45) is 0 Å². The molecule has 118 valence electrons. The number of aliphatic hydroxyl groups excluding tert-OH is 1. The predicted molar refractivity (Wildman–Crippen MR) is 83.8 cm³/mol. The van der Waals surface area contributed by atoms with E-state index in [2.05, 4.69) is 4.90 Å². The van der Waals surface area contributed by atoms with E-state index in [1.165, 1.54) is 4.88 Å². The van der Waals surface area contributed by atoms with Crippen LogP contribution in [0.1, 0.15) is 31.1 Å². The Labute approximate surface area is 134 Å². The Morgan fingerprint density at radius 3 is 2.76 bits per heavy atom. The monoisotopic (exact) mass is 331 g/mol. The van der Waals surface area contributed by atoms with Gasteiger partial charge in [0, 0.05) is 30.9 Å². The SMILES string of the molecule is C[C@]1(O)CC2(CCN(Cc3sccc3Cl)CC2)OC[C@@H]1O. The van der Waals surface area contributed by atoms with Crippen molar-refractivity contribution in [3.05, 3.63) is 21.3 Å². The molecule has 4 nitrogen and oxygen atoms in total. The lowest BCUT2D eigenvalue weighted by molar-refractivity contribution is -0.223. The third-order valence-corrected chi connectivity index (χ3v) is 6.14. The second kappa shape index (κ2) is 5.80. The largest absolute Gasteiger partial charge is 0.388 e. The minimum atomic E-state index is -1.04. The first-order chi connectivity index (χ1) is 9.90. The molecule has 0 bridgehead atoms. The van der Waals surface area contributed by atoms with Crippen LogP contribution < -0.4 is 0 Å². The maximum Gasteiger partial charge on any atom is 0.106 e. The summed E-state index contributed by atoms with van der Waals surface area (Å²) in [6.45, 7) is 4.68. The first-order valence-corrected chi connectivity index (χ1v) is 8.65. The average molecular weight is 332 g/mol. The highest BCUT2D eigenvalue weighted by Gasteiger charge is 2.48. The number of hydrogen-bond donors (Lipinski definition) is 2. The summed E-state index contributed by atoms with van der Waals surface area (Å²) in [6.07, 6.45) is 1.50. The molecular formula is C15H22ClNO3S. The van der Waals surface area contributed by atoms with Crippen molar-refractivity contribution in [2.75, 3.05) is 19.7 Å². The normalized spacial score (nSPS) is 33.4. The molecule has 3 heterocycles. The molecule has 2 saturated heterocycles. The molecule has 21 heavy (non-hydrogen) atoms. The van der Waals surface area contributed by atoms with E-state index < -0.39 is 11.7 Å². The predicted octanol–water partition coefficient (Wildman–Crippen LogP) is 2.27. The minimum absolute atomic E-state index is 0.226. The van der Waals surface area contributed by atoms with E-state index in [1.807, 2.05) is 11.4 Å². The number of likely N-dealkylation sites (tertiary alicyclic amines) is 1. The number of ether oxygens (including phenoxy) is 1. The number of nitrogens with zero attached hydrogens (tertiary/aromatic N) is 1. The lowest BCUT2D eigenvalue weighted by Crippen LogP contribution is -2.59. The minimum Gasteiger partial charge on any atom is -0.388 e. The van der Waals surface area contributed by atoms with Gasteiger partial charge in [-0.1, -0.05) is 11.6 Å². The highest BCUT2D eigenvalue weighted by molar-refractivity contribution is 7.10. The zero-order chi connectivity index (χ0) is 15.1. The lowest BCUT2D eigenvalue weighted by Gasteiger charge is -2.49. The summed E-state index contributed by atoms with van der Waals surface area (Å²) >= 11 is 7.85. The fourth-order valence-electron chi connectivity index (χ4n) is 3.34. The molecule has 1 aromatic rings. The van der Waals surface area contributed by atoms with E-state index in [0.29, 0.717) is 6.42 Å². The molecule has 6 heteroatoms. The quantitative estimate of drug-likeness (QED) is 0.873. The molecule has 0 saturated carbocycles. The third-order valence-electron chi connectivity index (χ3n) is 4.77. The Bertz CT molecular complexity index is 497. The van der Waals surface area contributed by atoms with Crippen LogP contribution in [0.5, 0.6) is 0 Å². The number of aliphatic hydroxyl groups is 2. The molecule has 0 radical (unpaired) electrons. The summed E-state index contributed by atoms with van der Waals surface area (Å²) in [5, 5.41) is 23.0. The van der Waals surface area contributed by atoms with Crippen molar-refractivity contribution < 1.29 is 14.9 Å². The smallest absolute Gasteiger partial charge is 0.106 e. The molecule has 2 aliphatic heterocycles. The van der Waals surface area contributed by atoms with Crippen LogP contribution in [0.4, 0.5) is 0 Å². The number of rotatable bonds is 2. The van der Waals surface area contributed by atoms with Gasteiger partial charge in [-0.3, -0.25) is 4.90 Å². The molecule has 2 aliphatic rings. The Morgan fingerprint density at radius 2 is 2.19 bits per heavy atom. The Kier molecular flexibility index (Phi) is 4.34. The van der Waals surface area contributed by atoms with E-state index >= 15 is 0 Å². The van der Waals surface area contributed by atoms with Gasteiger partial charge in [0.25, 0.3) is 0 Å². The lowest BCUT2D eigenvalue weighted by atomic mass is 9.76. The van der Waals surface area contributed by atoms with Crippen molar-refractivity contribution in [2.45, 2.75) is 50.0 Å². The van der Waals surface area contributed by atoms with Crippen molar-refractivity contribution >= 4 is 22.9 Å². The summed E-state index contributed by atoms with van der Waals surface area (Å²) in [6, 6.07) is 1.94. The molecule has 0 aliphatic carbocycles. The van der Waals surface area contributed by atoms with Gasteiger partial charge in [0.2, 0.25) is 0 Å². The fraction of sp³-hybridized carbons (Fsp3) is 0.733. The molecule has 3 rings (SSSR count). The van der Waals surface area contributed by atoms with Gasteiger partial charge in [-0.05, 0) is 31.2 Å². The number of piperidine rings is 1. The summed E-state index contributed by atoms with van der Waals surface area (Å²) in [5.41, 5.74) is -1.32. The van der Waals surface area contributed by atoms with Crippen molar-refractivity contribution in [3.63, 3.8) is 0 Å². The van der Waals surface area contributed by atoms with Crippen LogP contribution >= 0.6 is 22.9 Å². The van der Waals surface area contributed by atoms with Crippen LogP contribution in [0.15, 0.2) is 11.4 Å². The molecule has 0 amide bonds. The van der Waals surface area contributed by atoms with Gasteiger partial charge in [-0.25, -0.2) is 0 Å². The molecule has 1 aromatic heterocycles. The maximum atomic E-state index is 10.3. The third kappa shape index (κ3) is 3.28. The number of halogens is 1. The molecule has 2 fully saturated rings. The Morgan fingerprint density at radius 1 is 1.48 bits per heavy atom. The average Bonchev–Trinajstić information content (AvgIpc) is 2.83. The van der Waals surface area contributed by atoms with Crippen molar-refractivity contribution in [1.29, 1.82) is 0 Å². The van der Waals surface area contributed by atoms with Crippen molar-refractivity contribution in [3.8, 4) is 0 Å². The second-order valence-electron chi connectivity index (χ2n) is 6.51. The van der Waals surface area contributed by atoms with E-state index in [-0.39, 0.29) is 12.2 Å². The molecule has 2 N–H and O–H groups in total. The zero-order valence-electron chi connectivity index (χ0n) is 12.2. The highest BCUT2D eigenvalue weighted by Crippen LogP contribution is 2.40. The fourth-order valence-corrected chi connectivity index (χ4v) is 4.47. The molecule has 0 aromatic carbocycles. The van der Waals surface area contributed by atoms with Crippen LogP contribution in [0.2, 0.25) is 5.02 Å². The van der Waals surface area contributed by atoms with Gasteiger partial charge >= 0.3 is 0 Å². The van der Waals surface area contributed by atoms with E-state index in [4.69, 9.17) is 16.3 Å². The van der Waals surface area contributed by atoms with E-state index in [0.717, 1.165) is 37.5 Å². The van der Waals surface area contributed by atoms with E-state index in [9.17, 15) is 10.2 Å². The second-order valence-corrected chi connectivity index (χ2v) is 7.92. The van der Waals surface area contributed by atoms with Gasteiger partial charge in [0.1, 0.15) is 6.10 Å². The van der Waals surface area contributed by atoms with E-state index in [1.54, 1.807) is 18.3 Å². The summed E-state index contributed by atoms with van der Waals surface area (Å²) in [7, 11) is 0. The molecule has 2 atom stereocenters. The zero-order valence-corrected chi connectivity index (χ0v) is 13.8. The van der Waals surface area contributed by atoms with Gasteiger partial charge < -0.3 is 14.9 Å². The van der Waals surface area contributed by atoms with Crippen LogP contribution in [-0.2, 0) is 11.3 Å². The standard InChI is InChI=1S/C15H22ClNO3S/c1-14(19)10-15(20-9-13(14)18)3-5-17(6-4-15)8-12-11(16)2-7-21-12/h2,7,13,18-19H,3-6,8-10H2,1H3/t13-,14-/m0/s1. The number of hydrogen-bond acceptors (Lipinski definition) is 5. The highest BCUT2D eigenvalue weighted by atomic mass is 35.5. The Hall–Kier alpha value is -0.170. The maximum absolute atomic E-state index is 10.3. The van der Waals surface area contributed by atoms with Crippen LogP contribution in [0.25, 0.3) is 0 Å². The first-order valence-electron chi connectivity index (χ1n) is 7.39. The molecular weight excluding hydrogens is 310 g/mol. The molecule has 1 spiro atoms. The van der Waals surface area contributed by atoms with Gasteiger partial charge in [-0.2, -0.15) is 0 Å². The van der Waals surface area contributed by atoms with Crippen molar-refractivity contribution in [1.82, 2.24) is 4.90 Å². The van der Waals surface area contributed by atoms with Gasteiger partial charge in [0.05, 0.1) is 22.8 Å². The Balaban J connectivity index is 1.59. The molecule has 0 unspecified atom stereocenters. The summed E-state index contributed by atoms with van der Waals surface area (Å²) < 4.78 is 5.90. The van der Waals surface area contributed by atoms with Crippen LogP contribution in [-0.4, -0.2) is 52.1 Å². The number of thiophene rings is 1. The van der Waals surface area contributed by atoms with Gasteiger partial charge in [0.15, 0.2) is 0 Å². The summed E-state index contributed by atoms with van der Waals surface area (Å²) in [4.78, 5) is 3.59.